The second-order valence-corrected chi connectivity index (χ2v) is 3.97. The van der Waals surface area contributed by atoms with Gasteiger partial charge in [0, 0.05) is 7.05 Å². The van der Waals surface area contributed by atoms with Crippen LogP contribution in [0.4, 0.5) is 4.79 Å². The van der Waals surface area contributed by atoms with Gasteiger partial charge >= 0.3 is 5.37 Å². The Morgan fingerprint density at radius 1 is 1.38 bits per heavy atom. The highest BCUT2D eigenvalue weighted by Gasteiger charge is 2.38. The Labute approximate surface area is 98.4 Å². The van der Waals surface area contributed by atoms with Crippen LogP contribution in [-0.4, -0.2) is 28.3 Å². The highest BCUT2D eigenvalue weighted by molar-refractivity contribution is 6.62. The Morgan fingerprint density at radius 3 is 2.56 bits per heavy atom. The molecule has 0 bridgehead atoms. The van der Waals surface area contributed by atoms with E-state index in [4.69, 9.17) is 11.6 Å². The molecular formula is C11H11ClN2O2. The van der Waals surface area contributed by atoms with Crippen LogP contribution in [0.2, 0.25) is 0 Å². The van der Waals surface area contributed by atoms with Crippen LogP contribution in [0.5, 0.6) is 0 Å². The van der Waals surface area contributed by atoms with E-state index in [0.29, 0.717) is 0 Å². The van der Waals surface area contributed by atoms with Gasteiger partial charge in [-0.3, -0.25) is 14.6 Å². The van der Waals surface area contributed by atoms with Crippen LogP contribution in [0.3, 0.4) is 0 Å². The first-order valence-electron chi connectivity index (χ1n) is 4.91. The Bertz CT molecular complexity index is 421. The van der Waals surface area contributed by atoms with Gasteiger partial charge in [-0.1, -0.05) is 30.3 Å². The molecule has 0 aromatic heterocycles. The summed E-state index contributed by atoms with van der Waals surface area (Å²) in [6.45, 7) is 0. The number of hydrogen-bond acceptors (Lipinski definition) is 2. The highest BCUT2D eigenvalue weighted by Crippen LogP contribution is 2.32. The Kier molecular flexibility index (Phi) is 2.83. The zero-order chi connectivity index (χ0) is 11.7. The molecule has 0 aliphatic carbocycles. The topological polar surface area (TPSA) is 40.6 Å². The molecule has 1 aromatic carbocycles. The second-order valence-electron chi connectivity index (χ2n) is 3.65. The zero-order valence-corrected chi connectivity index (χ0v) is 9.52. The van der Waals surface area contributed by atoms with Gasteiger partial charge < -0.3 is 0 Å². The molecule has 1 heterocycles. The average molecular weight is 239 g/mol. The molecule has 5 heteroatoms. The molecule has 1 aliphatic rings. The second kappa shape index (κ2) is 4.14. The number of hydrogen-bond donors (Lipinski definition) is 0. The molecule has 2 rings (SSSR count). The normalized spacial score (nSPS) is 20.4. The Hall–Kier alpha value is -1.55. The number of benzene rings is 1. The molecule has 1 saturated heterocycles. The fourth-order valence-electron chi connectivity index (χ4n) is 1.89. The number of amides is 2. The molecule has 2 amide bonds. The van der Waals surface area contributed by atoms with E-state index in [1.807, 2.05) is 30.3 Å². The Balaban J connectivity index is 2.34. The first-order chi connectivity index (χ1) is 7.61. The molecule has 1 aromatic rings. The molecule has 1 atom stereocenters. The lowest BCUT2D eigenvalue weighted by atomic mass is 10.1. The van der Waals surface area contributed by atoms with Gasteiger partial charge in [0.05, 0.1) is 12.5 Å². The summed E-state index contributed by atoms with van der Waals surface area (Å²) in [6, 6.07) is 9.10. The Morgan fingerprint density at radius 2 is 2.00 bits per heavy atom. The van der Waals surface area contributed by atoms with Crippen molar-refractivity contribution in [2.75, 3.05) is 7.05 Å². The third kappa shape index (κ3) is 1.76. The van der Waals surface area contributed by atoms with Crippen LogP contribution in [0.1, 0.15) is 18.0 Å². The minimum atomic E-state index is -0.637. The lowest BCUT2D eigenvalue weighted by molar-refractivity contribution is -0.132. The summed E-state index contributed by atoms with van der Waals surface area (Å²) < 4.78 is 0. The van der Waals surface area contributed by atoms with E-state index in [9.17, 15) is 9.59 Å². The molecule has 1 fully saturated rings. The SMILES string of the molecule is CN1C(=O)CC(c2ccccc2)N1C(=O)Cl. The number of rotatable bonds is 1. The van der Waals surface area contributed by atoms with Crippen LogP contribution < -0.4 is 0 Å². The monoisotopic (exact) mass is 238 g/mol. The summed E-state index contributed by atoms with van der Waals surface area (Å²) in [7, 11) is 1.55. The van der Waals surface area contributed by atoms with Crippen molar-refractivity contribution in [3.8, 4) is 0 Å². The van der Waals surface area contributed by atoms with Crippen molar-refractivity contribution in [3.05, 3.63) is 35.9 Å². The van der Waals surface area contributed by atoms with Gasteiger partial charge in [-0.25, -0.2) is 5.01 Å². The summed E-state index contributed by atoms with van der Waals surface area (Å²) in [5, 5.41) is 1.91. The summed E-state index contributed by atoms with van der Waals surface area (Å²) in [5.41, 5.74) is 0.911. The minimum Gasteiger partial charge on any atom is -0.273 e. The van der Waals surface area contributed by atoms with Gasteiger partial charge in [-0.15, -0.1) is 0 Å². The molecule has 0 radical (unpaired) electrons. The average Bonchev–Trinajstić information content (AvgIpc) is 2.57. The summed E-state index contributed by atoms with van der Waals surface area (Å²) in [4.78, 5) is 22.8. The highest BCUT2D eigenvalue weighted by atomic mass is 35.5. The zero-order valence-electron chi connectivity index (χ0n) is 8.76. The number of hydrazine groups is 1. The summed E-state index contributed by atoms with van der Waals surface area (Å²) >= 11 is 5.48. The summed E-state index contributed by atoms with van der Waals surface area (Å²) in [6.07, 6.45) is 0.277. The first kappa shape index (κ1) is 11.0. The number of carbonyl (C=O) groups excluding carboxylic acids is 2. The van der Waals surface area contributed by atoms with Crippen molar-refractivity contribution in [3.63, 3.8) is 0 Å². The van der Waals surface area contributed by atoms with E-state index >= 15 is 0 Å². The molecular weight excluding hydrogens is 228 g/mol. The third-order valence-electron chi connectivity index (χ3n) is 2.71. The molecule has 1 aliphatic heterocycles. The maximum atomic E-state index is 11.5. The number of halogens is 1. The maximum absolute atomic E-state index is 11.5. The largest absolute Gasteiger partial charge is 0.335 e. The predicted molar refractivity (Wildman–Crippen MR) is 59.7 cm³/mol. The minimum absolute atomic E-state index is 0.108. The molecule has 16 heavy (non-hydrogen) atoms. The van der Waals surface area contributed by atoms with E-state index < -0.39 is 5.37 Å². The van der Waals surface area contributed by atoms with Gasteiger partial charge in [0.2, 0.25) is 5.91 Å². The fourth-order valence-corrected chi connectivity index (χ4v) is 2.12. The van der Waals surface area contributed by atoms with Gasteiger partial charge in [-0.05, 0) is 17.2 Å². The van der Waals surface area contributed by atoms with Gasteiger partial charge in [0.15, 0.2) is 0 Å². The van der Waals surface area contributed by atoms with E-state index in [-0.39, 0.29) is 18.4 Å². The predicted octanol–water partition coefficient (Wildman–Crippen LogP) is 2.17. The molecule has 0 N–H and O–H groups in total. The van der Waals surface area contributed by atoms with Crippen molar-refractivity contribution >= 4 is 22.9 Å². The van der Waals surface area contributed by atoms with Crippen molar-refractivity contribution < 1.29 is 9.59 Å². The quantitative estimate of drug-likeness (QED) is 0.556. The van der Waals surface area contributed by atoms with Crippen molar-refractivity contribution in [2.24, 2.45) is 0 Å². The van der Waals surface area contributed by atoms with Crippen molar-refractivity contribution in [1.82, 2.24) is 10.0 Å². The number of carbonyl (C=O) groups is 2. The van der Waals surface area contributed by atoms with Crippen LogP contribution in [0, 0.1) is 0 Å². The van der Waals surface area contributed by atoms with Crippen LogP contribution in [0.15, 0.2) is 30.3 Å². The smallest absolute Gasteiger partial charge is 0.273 e. The lowest BCUT2D eigenvalue weighted by Crippen LogP contribution is -2.38. The van der Waals surface area contributed by atoms with Crippen molar-refractivity contribution in [2.45, 2.75) is 12.5 Å². The van der Waals surface area contributed by atoms with E-state index in [0.717, 1.165) is 5.56 Å². The maximum Gasteiger partial charge on any atom is 0.335 e. The molecule has 0 saturated carbocycles. The van der Waals surface area contributed by atoms with E-state index in [1.165, 1.54) is 10.0 Å². The van der Waals surface area contributed by atoms with E-state index in [1.54, 1.807) is 7.05 Å². The van der Waals surface area contributed by atoms with Crippen LogP contribution in [0.25, 0.3) is 0 Å². The molecule has 84 valence electrons. The van der Waals surface area contributed by atoms with Crippen LogP contribution >= 0.6 is 11.6 Å². The number of nitrogens with zero attached hydrogens (tertiary/aromatic N) is 2. The third-order valence-corrected chi connectivity index (χ3v) is 2.88. The van der Waals surface area contributed by atoms with Gasteiger partial charge in [0.1, 0.15) is 0 Å². The molecule has 4 nitrogen and oxygen atoms in total. The standard InChI is InChI=1S/C11H11ClN2O2/c1-13-10(15)7-9(14(13)11(12)16)8-5-3-2-4-6-8/h2-6,9H,7H2,1H3. The summed E-state index contributed by atoms with van der Waals surface area (Å²) in [5.74, 6) is -0.108. The van der Waals surface area contributed by atoms with Gasteiger partial charge in [0.25, 0.3) is 0 Å². The fraction of sp³-hybridized carbons (Fsp3) is 0.273. The first-order valence-corrected chi connectivity index (χ1v) is 5.29. The van der Waals surface area contributed by atoms with Crippen LogP contribution in [-0.2, 0) is 4.79 Å². The van der Waals surface area contributed by atoms with Gasteiger partial charge in [-0.2, -0.15) is 0 Å². The molecule has 0 spiro atoms. The van der Waals surface area contributed by atoms with Crippen molar-refractivity contribution in [1.29, 1.82) is 0 Å². The lowest BCUT2D eigenvalue weighted by Gasteiger charge is -2.26. The van der Waals surface area contributed by atoms with E-state index in [2.05, 4.69) is 0 Å². The molecule has 1 unspecified atom stereocenters.